The van der Waals surface area contributed by atoms with Gasteiger partial charge in [-0.25, -0.2) is 13.1 Å². The Balaban J connectivity index is 1.47. The molecule has 0 saturated heterocycles. The third-order valence-electron chi connectivity index (χ3n) is 4.59. The van der Waals surface area contributed by atoms with Gasteiger partial charge in [0.1, 0.15) is 5.75 Å². The number of carbonyl (C=O) groups excluding carboxylic acids is 1. The van der Waals surface area contributed by atoms with Crippen molar-refractivity contribution in [3.8, 4) is 5.75 Å². The number of para-hydroxylation sites is 1. The number of nitrogens with one attached hydrogen (secondary N) is 2. The molecule has 1 amide bonds. The van der Waals surface area contributed by atoms with Crippen molar-refractivity contribution in [3.63, 3.8) is 0 Å². The third kappa shape index (κ3) is 3.59. The molecule has 4 rings (SSSR count). The van der Waals surface area contributed by atoms with Gasteiger partial charge in [-0.05, 0) is 43.2 Å². The first kappa shape index (κ1) is 17.1. The number of rotatable bonds is 5. The standard InChI is InChI=1S/C19H20N2O4S/c22-19(20-17-11-12-25-18-4-2-1-3-16(17)18)13-5-9-15(10-6-13)26(23,24)21-14-7-8-14/h1-6,9-10,14,17,21H,7-8,11-12H2,(H,20,22). The highest BCUT2D eigenvalue weighted by Crippen LogP contribution is 2.31. The van der Waals surface area contributed by atoms with Crippen LogP contribution in [0.4, 0.5) is 0 Å². The van der Waals surface area contributed by atoms with Gasteiger partial charge in [-0.15, -0.1) is 0 Å². The quantitative estimate of drug-likeness (QED) is 0.844. The van der Waals surface area contributed by atoms with E-state index >= 15 is 0 Å². The average Bonchev–Trinajstić information content (AvgIpc) is 3.45. The maximum atomic E-state index is 12.6. The molecule has 1 aliphatic heterocycles. The zero-order valence-electron chi connectivity index (χ0n) is 14.1. The van der Waals surface area contributed by atoms with E-state index in [1.165, 1.54) is 12.1 Å². The van der Waals surface area contributed by atoms with Crippen molar-refractivity contribution in [1.29, 1.82) is 0 Å². The molecule has 7 heteroatoms. The summed E-state index contributed by atoms with van der Waals surface area (Å²) in [5.74, 6) is 0.558. The molecule has 2 N–H and O–H groups in total. The molecule has 136 valence electrons. The van der Waals surface area contributed by atoms with E-state index in [1.807, 2.05) is 24.3 Å². The average molecular weight is 372 g/mol. The molecule has 2 aromatic rings. The molecule has 1 saturated carbocycles. The summed E-state index contributed by atoms with van der Waals surface area (Å²) in [6.07, 6.45) is 2.46. The van der Waals surface area contributed by atoms with E-state index < -0.39 is 10.0 Å². The smallest absolute Gasteiger partial charge is 0.251 e. The minimum absolute atomic E-state index is 0.0524. The van der Waals surface area contributed by atoms with Gasteiger partial charge in [-0.3, -0.25) is 4.79 Å². The Bertz CT molecular complexity index is 921. The Hall–Kier alpha value is -2.38. The summed E-state index contributed by atoms with van der Waals surface area (Å²) in [5.41, 5.74) is 1.39. The minimum atomic E-state index is -3.50. The molecular formula is C19H20N2O4S. The van der Waals surface area contributed by atoms with Crippen LogP contribution in [0.5, 0.6) is 5.75 Å². The van der Waals surface area contributed by atoms with Crippen molar-refractivity contribution in [2.45, 2.75) is 36.2 Å². The predicted molar refractivity (Wildman–Crippen MR) is 96.5 cm³/mol. The van der Waals surface area contributed by atoms with E-state index in [2.05, 4.69) is 10.0 Å². The summed E-state index contributed by atoms with van der Waals surface area (Å²) in [4.78, 5) is 12.7. The Labute approximate surface area is 152 Å². The van der Waals surface area contributed by atoms with Crippen LogP contribution in [0.2, 0.25) is 0 Å². The molecule has 2 aromatic carbocycles. The summed E-state index contributed by atoms with van der Waals surface area (Å²) >= 11 is 0. The first-order valence-corrected chi connectivity index (χ1v) is 10.2. The summed E-state index contributed by atoms with van der Waals surface area (Å²) < 4.78 is 32.6. The second-order valence-corrected chi connectivity index (χ2v) is 8.33. The van der Waals surface area contributed by atoms with Crippen LogP contribution in [-0.4, -0.2) is 27.0 Å². The van der Waals surface area contributed by atoms with Crippen LogP contribution in [0.15, 0.2) is 53.4 Å². The zero-order chi connectivity index (χ0) is 18.1. The van der Waals surface area contributed by atoms with Crippen molar-refractivity contribution in [2.75, 3.05) is 6.61 Å². The maximum absolute atomic E-state index is 12.6. The summed E-state index contributed by atoms with van der Waals surface area (Å²) in [6, 6.07) is 13.6. The molecule has 1 aliphatic carbocycles. The predicted octanol–water partition coefficient (Wildman–Crippen LogP) is 2.38. The molecule has 1 fully saturated rings. The molecule has 1 heterocycles. The molecule has 6 nitrogen and oxygen atoms in total. The van der Waals surface area contributed by atoms with Crippen molar-refractivity contribution < 1.29 is 17.9 Å². The third-order valence-corrected chi connectivity index (χ3v) is 6.13. The van der Waals surface area contributed by atoms with E-state index in [0.717, 1.165) is 24.2 Å². The van der Waals surface area contributed by atoms with Crippen LogP contribution < -0.4 is 14.8 Å². The number of fused-ring (bicyclic) bond motifs is 1. The first-order valence-electron chi connectivity index (χ1n) is 8.68. The van der Waals surface area contributed by atoms with E-state index in [4.69, 9.17) is 4.74 Å². The number of hydrogen-bond acceptors (Lipinski definition) is 4. The van der Waals surface area contributed by atoms with Crippen molar-refractivity contribution in [1.82, 2.24) is 10.0 Å². The lowest BCUT2D eigenvalue weighted by Gasteiger charge is -2.26. The van der Waals surface area contributed by atoms with E-state index in [1.54, 1.807) is 12.1 Å². The van der Waals surface area contributed by atoms with E-state index in [9.17, 15) is 13.2 Å². The molecule has 0 aromatic heterocycles. The molecule has 1 atom stereocenters. The number of carbonyl (C=O) groups is 1. The van der Waals surface area contributed by atoms with Gasteiger partial charge in [-0.2, -0.15) is 0 Å². The van der Waals surface area contributed by atoms with Gasteiger partial charge in [0, 0.05) is 23.6 Å². The molecule has 0 spiro atoms. The highest BCUT2D eigenvalue weighted by atomic mass is 32.2. The topological polar surface area (TPSA) is 84.5 Å². The first-order chi connectivity index (χ1) is 12.5. The van der Waals surface area contributed by atoms with Gasteiger partial charge in [0.25, 0.3) is 5.91 Å². The van der Waals surface area contributed by atoms with E-state index in [0.29, 0.717) is 18.6 Å². The number of hydrogen-bond donors (Lipinski definition) is 2. The molecule has 0 radical (unpaired) electrons. The van der Waals surface area contributed by atoms with Crippen LogP contribution in [0, 0.1) is 0 Å². The van der Waals surface area contributed by atoms with Crippen LogP contribution in [0.25, 0.3) is 0 Å². The lowest BCUT2D eigenvalue weighted by Crippen LogP contribution is -2.32. The Morgan fingerprint density at radius 2 is 1.73 bits per heavy atom. The highest BCUT2D eigenvalue weighted by Gasteiger charge is 2.28. The molecular weight excluding hydrogens is 352 g/mol. The fourth-order valence-corrected chi connectivity index (χ4v) is 4.31. The number of sulfonamides is 1. The van der Waals surface area contributed by atoms with Gasteiger partial charge >= 0.3 is 0 Å². The van der Waals surface area contributed by atoms with Crippen molar-refractivity contribution in [3.05, 3.63) is 59.7 Å². The van der Waals surface area contributed by atoms with Crippen LogP contribution >= 0.6 is 0 Å². The maximum Gasteiger partial charge on any atom is 0.251 e. The SMILES string of the molecule is O=C(NC1CCOc2ccccc21)c1ccc(S(=O)(=O)NC2CC2)cc1. The van der Waals surface area contributed by atoms with Gasteiger partial charge < -0.3 is 10.1 Å². The lowest BCUT2D eigenvalue weighted by molar-refractivity contribution is 0.0924. The summed E-state index contributed by atoms with van der Waals surface area (Å²) in [5, 5.41) is 3.01. The van der Waals surface area contributed by atoms with Crippen LogP contribution in [-0.2, 0) is 10.0 Å². The van der Waals surface area contributed by atoms with Gasteiger partial charge in [0.05, 0.1) is 17.5 Å². The fraction of sp³-hybridized carbons (Fsp3) is 0.316. The fourth-order valence-electron chi connectivity index (χ4n) is 3.01. The number of amides is 1. The molecule has 2 aliphatic rings. The van der Waals surface area contributed by atoms with Gasteiger partial charge in [-0.1, -0.05) is 18.2 Å². The molecule has 26 heavy (non-hydrogen) atoms. The summed E-state index contributed by atoms with van der Waals surface area (Å²) in [6.45, 7) is 0.548. The van der Waals surface area contributed by atoms with Gasteiger partial charge in [0.15, 0.2) is 0 Å². The molecule has 0 bridgehead atoms. The van der Waals surface area contributed by atoms with Gasteiger partial charge in [0.2, 0.25) is 10.0 Å². The van der Waals surface area contributed by atoms with Crippen molar-refractivity contribution in [2.24, 2.45) is 0 Å². The van der Waals surface area contributed by atoms with Crippen LogP contribution in [0.3, 0.4) is 0 Å². The Kier molecular flexibility index (Phi) is 4.42. The summed E-state index contributed by atoms with van der Waals surface area (Å²) in [7, 11) is -3.50. The zero-order valence-corrected chi connectivity index (χ0v) is 15.0. The van der Waals surface area contributed by atoms with Crippen molar-refractivity contribution >= 4 is 15.9 Å². The second kappa shape index (κ2) is 6.74. The number of benzene rings is 2. The minimum Gasteiger partial charge on any atom is -0.493 e. The normalized spacial score (nSPS) is 19.3. The Morgan fingerprint density at radius 3 is 2.46 bits per heavy atom. The number of ether oxygens (including phenoxy) is 1. The lowest BCUT2D eigenvalue weighted by atomic mass is 10.00. The second-order valence-electron chi connectivity index (χ2n) is 6.62. The van der Waals surface area contributed by atoms with Crippen LogP contribution in [0.1, 0.15) is 41.2 Å². The monoisotopic (exact) mass is 372 g/mol. The largest absolute Gasteiger partial charge is 0.493 e. The molecule has 1 unspecified atom stereocenters. The highest BCUT2D eigenvalue weighted by molar-refractivity contribution is 7.89. The van der Waals surface area contributed by atoms with E-state index in [-0.39, 0.29) is 22.9 Å². The Morgan fingerprint density at radius 1 is 1.00 bits per heavy atom.